The molecule has 2 aromatic rings. The Morgan fingerprint density at radius 1 is 1.11 bits per heavy atom. The summed E-state index contributed by atoms with van der Waals surface area (Å²) in [5.41, 5.74) is 0.819. The van der Waals surface area contributed by atoms with Crippen LogP contribution < -0.4 is 14.8 Å². The molecule has 4 rings (SSSR count). The molecule has 1 N–H and O–H groups in total. The van der Waals surface area contributed by atoms with Gasteiger partial charge in [-0.05, 0) is 50.1 Å². The Labute approximate surface area is 203 Å². The molecule has 2 aromatic carbocycles. The number of nitrogens with one attached hydrogen (secondary N) is 1. The summed E-state index contributed by atoms with van der Waals surface area (Å²) in [4.78, 5) is 25.1. The third kappa shape index (κ3) is 5.55. The Kier molecular flexibility index (Phi) is 7.23. The Hall–Kier alpha value is -3.62. The van der Waals surface area contributed by atoms with Crippen molar-refractivity contribution in [3.05, 3.63) is 48.0 Å². The fourth-order valence-electron chi connectivity index (χ4n) is 3.90. The van der Waals surface area contributed by atoms with Crippen molar-refractivity contribution in [3.63, 3.8) is 0 Å². The van der Waals surface area contributed by atoms with E-state index in [9.17, 15) is 18.0 Å². The standard InChI is InChI=1S/C24H25N3O7S/c1-16(23(28)26-19-4-2-3-17(13-19)15-25)34-24(29)18-7-9-27(10-8-18)35(30,31)20-5-6-21-22(14-20)33-12-11-32-21/h2-6,13-14,16,18H,7-12H2,1H3,(H,26,28)/t16-/m0/s1. The molecule has 184 valence electrons. The molecule has 0 saturated carbocycles. The van der Waals surface area contributed by atoms with E-state index in [0.29, 0.717) is 36.0 Å². The molecule has 10 nitrogen and oxygen atoms in total. The number of fused-ring (bicyclic) bond motifs is 1. The molecule has 1 amide bonds. The molecule has 11 heteroatoms. The largest absolute Gasteiger partial charge is 0.486 e. The number of rotatable bonds is 6. The zero-order valence-corrected chi connectivity index (χ0v) is 19.9. The van der Waals surface area contributed by atoms with Gasteiger partial charge in [-0.2, -0.15) is 9.57 Å². The van der Waals surface area contributed by atoms with Gasteiger partial charge in [-0.25, -0.2) is 8.42 Å². The number of hydrogen-bond donors (Lipinski definition) is 1. The fraction of sp³-hybridized carbons (Fsp3) is 0.375. The zero-order valence-electron chi connectivity index (χ0n) is 19.1. The fourth-order valence-corrected chi connectivity index (χ4v) is 5.39. The quantitative estimate of drug-likeness (QED) is 0.598. The van der Waals surface area contributed by atoms with Gasteiger partial charge < -0.3 is 19.5 Å². The average Bonchev–Trinajstić information content (AvgIpc) is 2.88. The number of carbonyl (C=O) groups is 2. The molecule has 0 aliphatic carbocycles. The third-order valence-electron chi connectivity index (χ3n) is 5.86. The highest BCUT2D eigenvalue weighted by Gasteiger charge is 2.34. The minimum absolute atomic E-state index is 0.105. The molecule has 35 heavy (non-hydrogen) atoms. The van der Waals surface area contributed by atoms with Crippen molar-refractivity contribution >= 4 is 27.6 Å². The molecule has 2 aliphatic heterocycles. The van der Waals surface area contributed by atoms with E-state index >= 15 is 0 Å². The van der Waals surface area contributed by atoms with Gasteiger partial charge in [0.2, 0.25) is 10.0 Å². The van der Waals surface area contributed by atoms with E-state index in [4.69, 9.17) is 19.5 Å². The summed E-state index contributed by atoms with van der Waals surface area (Å²) >= 11 is 0. The predicted molar refractivity (Wildman–Crippen MR) is 124 cm³/mol. The number of anilines is 1. The van der Waals surface area contributed by atoms with Crippen LogP contribution in [0.4, 0.5) is 5.69 Å². The van der Waals surface area contributed by atoms with Crippen molar-refractivity contribution in [2.24, 2.45) is 5.92 Å². The third-order valence-corrected chi connectivity index (χ3v) is 7.75. The lowest BCUT2D eigenvalue weighted by Gasteiger charge is -2.30. The number of hydrogen-bond acceptors (Lipinski definition) is 8. The van der Waals surface area contributed by atoms with Gasteiger partial charge >= 0.3 is 5.97 Å². The summed E-state index contributed by atoms with van der Waals surface area (Å²) in [5.74, 6) is -0.685. The maximum atomic E-state index is 13.1. The molecule has 2 aliphatic rings. The number of ether oxygens (including phenoxy) is 3. The number of nitrogens with zero attached hydrogens (tertiary/aromatic N) is 2. The normalized spacial score (nSPS) is 17.1. The van der Waals surface area contributed by atoms with Crippen molar-refractivity contribution < 1.29 is 32.2 Å². The minimum atomic E-state index is -3.76. The molecule has 0 radical (unpaired) electrons. The molecule has 0 bridgehead atoms. The van der Waals surface area contributed by atoms with Gasteiger partial charge in [-0.3, -0.25) is 9.59 Å². The highest BCUT2D eigenvalue weighted by atomic mass is 32.2. The van der Waals surface area contributed by atoms with Crippen LogP contribution in [0.3, 0.4) is 0 Å². The Bertz CT molecular complexity index is 1260. The number of amides is 1. The lowest BCUT2D eigenvalue weighted by molar-refractivity contribution is -0.158. The molecule has 1 fully saturated rings. The molecule has 2 heterocycles. The van der Waals surface area contributed by atoms with Gasteiger partial charge in [0.05, 0.1) is 22.4 Å². The highest BCUT2D eigenvalue weighted by Crippen LogP contribution is 2.34. The number of benzene rings is 2. The van der Waals surface area contributed by atoms with Crippen molar-refractivity contribution in [1.29, 1.82) is 5.26 Å². The van der Waals surface area contributed by atoms with Gasteiger partial charge in [-0.15, -0.1) is 0 Å². The molecular formula is C24H25N3O7S. The monoisotopic (exact) mass is 499 g/mol. The van der Waals surface area contributed by atoms with Crippen LogP contribution in [0.1, 0.15) is 25.3 Å². The summed E-state index contributed by atoms with van der Waals surface area (Å²) in [6.45, 7) is 2.53. The lowest BCUT2D eigenvalue weighted by Crippen LogP contribution is -2.41. The van der Waals surface area contributed by atoms with Gasteiger partial charge in [-0.1, -0.05) is 6.07 Å². The number of carbonyl (C=O) groups excluding carboxylic acids is 2. The van der Waals surface area contributed by atoms with Gasteiger partial charge in [0, 0.05) is 24.8 Å². The van der Waals surface area contributed by atoms with Crippen molar-refractivity contribution in [1.82, 2.24) is 4.31 Å². The van der Waals surface area contributed by atoms with Gasteiger partial charge in [0.15, 0.2) is 17.6 Å². The SMILES string of the molecule is C[C@H](OC(=O)C1CCN(S(=O)(=O)c2ccc3c(c2)OCCO3)CC1)C(=O)Nc1cccc(C#N)c1. The molecule has 0 unspecified atom stereocenters. The molecular weight excluding hydrogens is 474 g/mol. The van der Waals surface area contributed by atoms with Crippen LogP contribution in [-0.4, -0.2) is 57.0 Å². The number of sulfonamides is 1. The van der Waals surface area contributed by atoms with Crippen molar-refractivity contribution in [3.8, 4) is 17.6 Å². The molecule has 0 spiro atoms. The minimum Gasteiger partial charge on any atom is -0.486 e. The van der Waals surface area contributed by atoms with Crippen LogP contribution in [0.5, 0.6) is 11.5 Å². The number of nitriles is 1. The second-order valence-electron chi connectivity index (χ2n) is 8.24. The number of piperidine rings is 1. The average molecular weight is 500 g/mol. The van der Waals surface area contributed by atoms with E-state index in [2.05, 4.69) is 5.32 Å². The second kappa shape index (κ2) is 10.3. The Balaban J connectivity index is 1.31. The first-order chi connectivity index (χ1) is 16.8. The first-order valence-corrected chi connectivity index (χ1v) is 12.6. The summed E-state index contributed by atoms with van der Waals surface area (Å²) in [5, 5.41) is 11.6. The lowest BCUT2D eigenvalue weighted by atomic mass is 9.98. The Morgan fingerprint density at radius 2 is 1.83 bits per heavy atom. The van der Waals surface area contributed by atoms with E-state index in [-0.39, 0.29) is 30.8 Å². The van der Waals surface area contributed by atoms with Crippen LogP contribution in [-0.2, 0) is 24.3 Å². The summed E-state index contributed by atoms with van der Waals surface area (Å²) < 4.78 is 43.7. The second-order valence-corrected chi connectivity index (χ2v) is 10.2. The molecule has 1 saturated heterocycles. The van der Waals surface area contributed by atoms with E-state index in [1.807, 2.05) is 6.07 Å². The van der Waals surface area contributed by atoms with Crippen LogP contribution in [0.25, 0.3) is 0 Å². The highest BCUT2D eigenvalue weighted by molar-refractivity contribution is 7.89. The smallest absolute Gasteiger partial charge is 0.309 e. The van der Waals surface area contributed by atoms with E-state index in [0.717, 1.165) is 0 Å². The van der Waals surface area contributed by atoms with E-state index in [1.54, 1.807) is 24.3 Å². The molecule has 1 atom stereocenters. The summed E-state index contributed by atoms with van der Waals surface area (Å²) in [6, 6.07) is 12.9. The van der Waals surface area contributed by atoms with Crippen LogP contribution in [0.15, 0.2) is 47.4 Å². The van der Waals surface area contributed by atoms with Gasteiger partial charge in [0.25, 0.3) is 5.91 Å². The Morgan fingerprint density at radius 3 is 2.54 bits per heavy atom. The van der Waals surface area contributed by atoms with Crippen LogP contribution in [0, 0.1) is 17.2 Å². The van der Waals surface area contributed by atoms with Crippen molar-refractivity contribution in [2.45, 2.75) is 30.8 Å². The van der Waals surface area contributed by atoms with Crippen LogP contribution in [0.2, 0.25) is 0 Å². The maximum Gasteiger partial charge on any atom is 0.309 e. The first-order valence-electron chi connectivity index (χ1n) is 11.2. The maximum absolute atomic E-state index is 13.1. The zero-order chi connectivity index (χ0) is 25.0. The van der Waals surface area contributed by atoms with Crippen LogP contribution >= 0.6 is 0 Å². The summed E-state index contributed by atoms with van der Waals surface area (Å²) in [7, 11) is -3.76. The molecule has 0 aromatic heterocycles. The van der Waals surface area contributed by atoms with E-state index < -0.39 is 33.9 Å². The number of esters is 1. The summed E-state index contributed by atoms with van der Waals surface area (Å²) in [6.07, 6.45) is -0.491. The predicted octanol–water partition coefficient (Wildman–Crippen LogP) is 2.30. The van der Waals surface area contributed by atoms with Crippen molar-refractivity contribution in [2.75, 3.05) is 31.6 Å². The first kappa shape index (κ1) is 24.5. The van der Waals surface area contributed by atoms with E-state index in [1.165, 1.54) is 29.4 Å². The topological polar surface area (TPSA) is 135 Å². The van der Waals surface area contributed by atoms with Gasteiger partial charge in [0.1, 0.15) is 13.2 Å².